The Bertz CT molecular complexity index is 529. The Morgan fingerprint density at radius 1 is 1.63 bits per heavy atom. The SMILES string of the molecule is Cn1cncc1C(CN)N1CCSCC1S(C)(=O)=O. The molecule has 2 heterocycles. The molecule has 2 unspecified atom stereocenters. The first-order chi connectivity index (χ1) is 8.95. The van der Waals surface area contributed by atoms with Gasteiger partial charge in [0.15, 0.2) is 9.84 Å². The van der Waals surface area contributed by atoms with Gasteiger partial charge in [-0.1, -0.05) is 0 Å². The second-order valence-corrected chi connectivity index (χ2v) is 8.13. The second-order valence-electron chi connectivity index (χ2n) is 4.78. The molecule has 8 heteroatoms. The van der Waals surface area contributed by atoms with E-state index in [0.717, 1.165) is 18.0 Å². The van der Waals surface area contributed by atoms with E-state index in [0.29, 0.717) is 12.3 Å². The molecule has 1 aromatic rings. The molecule has 1 fully saturated rings. The Balaban J connectivity index is 2.33. The van der Waals surface area contributed by atoms with E-state index in [9.17, 15) is 8.42 Å². The molecule has 1 aliphatic heterocycles. The maximum Gasteiger partial charge on any atom is 0.164 e. The minimum Gasteiger partial charge on any atom is -0.336 e. The maximum atomic E-state index is 12.0. The zero-order chi connectivity index (χ0) is 14.0. The van der Waals surface area contributed by atoms with E-state index in [1.165, 1.54) is 6.26 Å². The number of rotatable bonds is 4. The van der Waals surface area contributed by atoms with E-state index in [2.05, 4.69) is 4.98 Å². The molecule has 0 aromatic carbocycles. The summed E-state index contributed by atoms with van der Waals surface area (Å²) in [6, 6.07) is -0.104. The summed E-state index contributed by atoms with van der Waals surface area (Å²) < 4.78 is 25.8. The first-order valence-electron chi connectivity index (χ1n) is 6.13. The topological polar surface area (TPSA) is 81.2 Å². The third kappa shape index (κ3) is 3.13. The van der Waals surface area contributed by atoms with E-state index in [1.807, 2.05) is 16.5 Å². The number of nitrogens with two attached hydrogens (primary N) is 1. The number of aryl methyl sites for hydroxylation is 1. The lowest BCUT2D eigenvalue weighted by Crippen LogP contribution is -2.50. The highest BCUT2D eigenvalue weighted by atomic mass is 32.2. The molecule has 108 valence electrons. The van der Waals surface area contributed by atoms with Crippen LogP contribution in [0.2, 0.25) is 0 Å². The van der Waals surface area contributed by atoms with Gasteiger partial charge in [-0.3, -0.25) is 4.90 Å². The molecule has 1 aliphatic rings. The fourth-order valence-electron chi connectivity index (χ4n) is 2.43. The number of hydrogen-bond acceptors (Lipinski definition) is 6. The van der Waals surface area contributed by atoms with Crippen molar-refractivity contribution < 1.29 is 8.42 Å². The molecule has 19 heavy (non-hydrogen) atoms. The van der Waals surface area contributed by atoms with Crippen molar-refractivity contribution in [3.8, 4) is 0 Å². The predicted molar refractivity (Wildman–Crippen MR) is 77.7 cm³/mol. The standard InChI is InChI=1S/C11H20N4O2S2/c1-14-8-13-6-10(14)9(5-12)15-3-4-18-7-11(15)19(2,16)17/h6,8-9,11H,3-5,7,12H2,1-2H3. The van der Waals surface area contributed by atoms with Gasteiger partial charge in [-0.05, 0) is 0 Å². The lowest BCUT2D eigenvalue weighted by Gasteiger charge is -2.39. The zero-order valence-electron chi connectivity index (χ0n) is 11.2. The quantitative estimate of drug-likeness (QED) is 0.832. The van der Waals surface area contributed by atoms with Gasteiger partial charge in [-0.15, -0.1) is 0 Å². The van der Waals surface area contributed by atoms with Crippen LogP contribution in [0.25, 0.3) is 0 Å². The second kappa shape index (κ2) is 5.82. The van der Waals surface area contributed by atoms with Crippen molar-refractivity contribution >= 4 is 21.6 Å². The highest BCUT2D eigenvalue weighted by molar-refractivity contribution is 8.00. The van der Waals surface area contributed by atoms with Crippen LogP contribution >= 0.6 is 11.8 Å². The lowest BCUT2D eigenvalue weighted by atomic mass is 10.2. The van der Waals surface area contributed by atoms with E-state index in [1.54, 1.807) is 24.3 Å². The first kappa shape index (κ1) is 14.8. The van der Waals surface area contributed by atoms with Gasteiger partial charge in [0.2, 0.25) is 0 Å². The molecule has 2 rings (SSSR count). The summed E-state index contributed by atoms with van der Waals surface area (Å²) >= 11 is 1.68. The summed E-state index contributed by atoms with van der Waals surface area (Å²) in [6.45, 7) is 1.12. The lowest BCUT2D eigenvalue weighted by molar-refractivity contribution is 0.191. The normalized spacial score (nSPS) is 23.4. The van der Waals surface area contributed by atoms with Gasteiger partial charge < -0.3 is 10.3 Å². The molecule has 0 spiro atoms. The summed E-state index contributed by atoms with van der Waals surface area (Å²) in [7, 11) is -1.21. The van der Waals surface area contributed by atoms with Crippen LogP contribution in [0.1, 0.15) is 11.7 Å². The first-order valence-corrected chi connectivity index (χ1v) is 9.24. The van der Waals surface area contributed by atoms with Crippen LogP contribution in [0.3, 0.4) is 0 Å². The smallest absolute Gasteiger partial charge is 0.164 e. The molecule has 0 amide bonds. The minimum absolute atomic E-state index is 0.104. The average Bonchev–Trinajstić information content (AvgIpc) is 2.76. The molecule has 1 aromatic heterocycles. The van der Waals surface area contributed by atoms with Crippen LogP contribution in [0, 0.1) is 0 Å². The minimum atomic E-state index is -3.11. The van der Waals surface area contributed by atoms with Crippen LogP contribution in [-0.2, 0) is 16.9 Å². The summed E-state index contributed by atoms with van der Waals surface area (Å²) in [5.41, 5.74) is 6.85. The predicted octanol–water partition coefficient (Wildman–Crippen LogP) is -0.161. The van der Waals surface area contributed by atoms with Crippen molar-refractivity contribution in [2.45, 2.75) is 11.4 Å². The fraction of sp³-hybridized carbons (Fsp3) is 0.727. The number of hydrogen-bond donors (Lipinski definition) is 1. The van der Waals surface area contributed by atoms with Crippen molar-refractivity contribution in [3.05, 3.63) is 18.2 Å². The molecule has 2 atom stereocenters. The highest BCUT2D eigenvalue weighted by Crippen LogP contribution is 2.29. The van der Waals surface area contributed by atoms with Gasteiger partial charge >= 0.3 is 0 Å². The molecule has 0 radical (unpaired) electrons. The number of nitrogens with zero attached hydrogens (tertiary/aromatic N) is 3. The zero-order valence-corrected chi connectivity index (χ0v) is 12.8. The summed E-state index contributed by atoms with van der Waals surface area (Å²) in [5.74, 6) is 1.54. The van der Waals surface area contributed by atoms with Gasteiger partial charge in [0, 0.05) is 44.1 Å². The summed E-state index contributed by atoms with van der Waals surface area (Å²) in [5, 5.41) is -0.463. The van der Waals surface area contributed by atoms with Crippen LogP contribution < -0.4 is 5.73 Å². The van der Waals surface area contributed by atoms with E-state index in [4.69, 9.17) is 5.73 Å². The molecule has 1 saturated heterocycles. The molecule has 0 aliphatic carbocycles. The monoisotopic (exact) mass is 304 g/mol. The van der Waals surface area contributed by atoms with Crippen molar-refractivity contribution in [1.29, 1.82) is 0 Å². The summed E-state index contributed by atoms with van der Waals surface area (Å²) in [4.78, 5) is 6.10. The van der Waals surface area contributed by atoms with E-state index in [-0.39, 0.29) is 6.04 Å². The molecule has 2 N–H and O–H groups in total. The number of aromatic nitrogens is 2. The van der Waals surface area contributed by atoms with Crippen molar-refractivity contribution in [2.75, 3.05) is 30.9 Å². The Hall–Kier alpha value is -0.570. The van der Waals surface area contributed by atoms with Crippen LogP contribution in [-0.4, -0.2) is 59.1 Å². The van der Waals surface area contributed by atoms with Crippen LogP contribution in [0.15, 0.2) is 12.5 Å². The third-order valence-electron chi connectivity index (χ3n) is 3.44. The van der Waals surface area contributed by atoms with Crippen LogP contribution in [0.4, 0.5) is 0 Å². The maximum absolute atomic E-state index is 12.0. The van der Waals surface area contributed by atoms with Gasteiger partial charge in [0.05, 0.1) is 18.1 Å². The number of thioether (sulfide) groups is 1. The van der Waals surface area contributed by atoms with Gasteiger partial charge in [0.25, 0.3) is 0 Å². The fourth-order valence-corrected chi connectivity index (χ4v) is 5.36. The molecule has 6 nitrogen and oxygen atoms in total. The van der Waals surface area contributed by atoms with E-state index >= 15 is 0 Å². The molecular formula is C11H20N4O2S2. The van der Waals surface area contributed by atoms with Crippen molar-refractivity contribution in [3.63, 3.8) is 0 Å². The highest BCUT2D eigenvalue weighted by Gasteiger charge is 2.36. The van der Waals surface area contributed by atoms with Gasteiger partial charge in [-0.2, -0.15) is 11.8 Å². The largest absolute Gasteiger partial charge is 0.336 e. The molecule has 0 bridgehead atoms. The van der Waals surface area contributed by atoms with Crippen molar-refractivity contribution in [1.82, 2.24) is 14.5 Å². The van der Waals surface area contributed by atoms with Gasteiger partial charge in [-0.25, -0.2) is 13.4 Å². The Morgan fingerprint density at radius 2 is 2.37 bits per heavy atom. The Morgan fingerprint density at radius 3 is 2.89 bits per heavy atom. The average molecular weight is 304 g/mol. The molecular weight excluding hydrogens is 284 g/mol. The summed E-state index contributed by atoms with van der Waals surface area (Å²) in [6.07, 6.45) is 4.78. The Labute approximate surface area is 118 Å². The number of imidazole rings is 1. The molecule has 0 saturated carbocycles. The Kier molecular flexibility index (Phi) is 4.54. The van der Waals surface area contributed by atoms with E-state index < -0.39 is 15.2 Å². The van der Waals surface area contributed by atoms with Crippen LogP contribution in [0.5, 0.6) is 0 Å². The third-order valence-corrected chi connectivity index (χ3v) is 6.10. The number of sulfone groups is 1. The van der Waals surface area contributed by atoms with Gasteiger partial charge in [0.1, 0.15) is 5.37 Å². The van der Waals surface area contributed by atoms with Crippen molar-refractivity contribution in [2.24, 2.45) is 12.8 Å².